The molecule has 2 amide bonds. The van der Waals surface area contributed by atoms with E-state index in [2.05, 4.69) is 5.32 Å². The fraction of sp³-hybridized carbons (Fsp3) is 0.417. The number of amides is 2. The summed E-state index contributed by atoms with van der Waals surface area (Å²) in [5, 5.41) is 2.88. The van der Waals surface area contributed by atoms with Gasteiger partial charge >= 0.3 is 0 Å². The van der Waals surface area contributed by atoms with E-state index in [4.69, 9.17) is 0 Å². The van der Waals surface area contributed by atoms with Gasteiger partial charge in [0.25, 0.3) is 0 Å². The molecule has 0 aliphatic rings. The zero-order valence-electron chi connectivity index (χ0n) is 19.2. The van der Waals surface area contributed by atoms with Crippen molar-refractivity contribution >= 4 is 27.5 Å². The van der Waals surface area contributed by atoms with Crippen molar-refractivity contribution in [3.63, 3.8) is 0 Å². The summed E-state index contributed by atoms with van der Waals surface area (Å²) < 4.78 is 26.0. The van der Waals surface area contributed by atoms with E-state index >= 15 is 0 Å². The molecule has 1 N–H and O–H groups in total. The van der Waals surface area contributed by atoms with Crippen molar-refractivity contribution in [3.8, 4) is 0 Å². The normalized spacial score (nSPS) is 12.3. The molecule has 2 aromatic rings. The lowest BCUT2D eigenvalue weighted by Crippen LogP contribution is -2.54. The average molecular weight is 460 g/mol. The van der Waals surface area contributed by atoms with E-state index in [1.54, 1.807) is 30.3 Å². The molecule has 0 heterocycles. The van der Waals surface area contributed by atoms with E-state index in [-0.39, 0.29) is 18.5 Å². The topological polar surface area (TPSA) is 86.8 Å². The number of rotatable bonds is 11. The molecule has 1 atom stereocenters. The molecule has 2 rings (SSSR count). The summed E-state index contributed by atoms with van der Waals surface area (Å²) in [7, 11) is -3.70. The summed E-state index contributed by atoms with van der Waals surface area (Å²) in [6, 6.07) is 17.4. The van der Waals surface area contributed by atoms with Gasteiger partial charge in [-0.25, -0.2) is 8.42 Å². The predicted octanol–water partition coefficient (Wildman–Crippen LogP) is 2.83. The van der Waals surface area contributed by atoms with Crippen molar-refractivity contribution in [1.82, 2.24) is 10.2 Å². The molecule has 0 aromatic heterocycles. The number of nitrogens with one attached hydrogen (secondary N) is 1. The van der Waals surface area contributed by atoms with Crippen LogP contribution in [0.1, 0.15) is 32.8 Å². The lowest BCUT2D eigenvalue weighted by molar-refractivity contribution is -0.139. The van der Waals surface area contributed by atoms with Gasteiger partial charge in [0.05, 0.1) is 11.9 Å². The molecule has 0 bridgehead atoms. The monoisotopic (exact) mass is 459 g/mol. The molecule has 0 aliphatic heterocycles. The van der Waals surface area contributed by atoms with E-state index in [1.165, 1.54) is 4.90 Å². The number of anilines is 1. The predicted molar refractivity (Wildman–Crippen MR) is 128 cm³/mol. The Balaban J connectivity index is 2.33. The van der Waals surface area contributed by atoms with Gasteiger partial charge in [-0.3, -0.25) is 13.9 Å². The van der Waals surface area contributed by atoms with Crippen molar-refractivity contribution < 1.29 is 18.0 Å². The zero-order chi connectivity index (χ0) is 23.7. The number of para-hydroxylation sites is 1. The number of benzene rings is 2. The molecule has 7 nitrogen and oxygen atoms in total. The minimum absolute atomic E-state index is 0.0699. The smallest absolute Gasteiger partial charge is 0.244 e. The highest BCUT2D eigenvalue weighted by Gasteiger charge is 2.31. The number of carbonyl (C=O) groups excluding carboxylic acids is 2. The molecule has 0 saturated heterocycles. The van der Waals surface area contributed by atoms with Crippen LogP contribution in [-0.4, -0.2) is 56.6 Å². The first-order chi connectivity index (χ1) is 15.1. The van der Waals surface area contributed by atoms with Crippen LogP contribution >= 0.6 is 0 Å². The van der Waals surface area contributed by atoms with Gasteiger partial charge in [0.15, 0.2) is 0 Å². The van der Waals surface area contributed by atoms with Crippen molar-refractivity contribution in [2.24, 2.45) is 0 Å². The highest BCUT2D eigenvalue weighted by atomic mass is 32.2. The molecule has 0 unspecified atom stereocenters. The molecular weight excluding hydrogens is 426 g/mol. The number of hydrogen-bond acceptors (Lipinski definition) is 4. The van der Waals surface area contributed by atoms with E-state index in [0.717, 1.165) is 16.1 Å². The standard InChI is InChI=1S/C24H33N3O4S/c1-5-22(24(29)25-19(2)3)26(17-16-20-12-8-6-9-13-20)23(28)18-27(32(4,30)31)21-14-10-7-11-15-21/h6-15,19,22H,5,16-18H2,1-4H3,(H,25,29)/t22-/m1/s1. The van der Waals surface area contributed by atoms with Gasteiger partial charge in [-0.05, 0) is 44.4 Å². The highest BCUT2D eigenvalue weighted by Crippen LogP contribution is 2.18. The van der Waals surface area contributed by atoms with Crippen molar-refractivity contribution in [3.05, 3.63) is 66.2 Å². The molecule has 0 radical (unpaired) electrons. The summed E-state index contributed by atoms with van der Waals surface area (Å²) in [6.07, 6.45) is 2.05. The second-order valence-electron chi connectivity index (χ2n) is 8.02. The molecule has 0 saturated carbocycles. The largest absolute Gasteiger partial charge is 0.352 e. The lowest BCUT2D eigenvalue weighted by atomic mass is 10.1. The molecule has 174 valence electrons. The summed E-state index contributed by atoms with van der Waals surface area (Å²) >= 11 is 0. The quantitative estimate of drug-likeness (QED) is 0.560. The molecule has 0 aliphatic carbocycles. The summed E-state index contributed by atoms with van der Waals surface area (Å²) in [6.45, 7) is 5.50. The fourth-order valence-corrected chi connectivity index (χ4v) is 4.33. The maximum absolute atomic E-state index is 13.4. The van der Waals surface area contributed by atoms with Gasteiger partial charge in [-0.2, -0.15) is 0 Å². The fourth-order valence-electron chi connectivity index (χ4n) is 3.48. The van der Waals surface area contributed by atoms with Crippen LogP contribution in [0.5, 0.6) is 0 Å². The third-order valence-electron chi connectivity index (χ3n) is 5.02. The van der Waals surface area contributed by atoms with Crippen LogP contribution in [0.4, 0.5) is 5.69 Å². The summed E-state index contributed by atoms with van der Waals surface area (Å²) in [4.78, 5) is 27.8. The minimum Gasteiger partial charge on any atom is -0.352 e. The number of sulfonamides is 1. The van der Waals surface area contributed by atoms with Gasteiger partial charge in [-0.15, -0.1) is 0 Å². The highest BCUT2D eigenvalue weighted by molar-refractivity contribution is 7.92. The Hall–Kier alpha value is -2.87. The zero-order valence-corrected chi connectivity index (χ0v) is 20.0. The van der Waals surface area contributed by atoms with Crippen LogP contribution in [0.2, 0.25) is 0 Å². The molecule has 32 heavy (non-hydrogen) atoms. The molecule has 2 aromatic carbocycles. The van der Waals surface area contributed by atoms with E-state index < -0.39 is 22.0 Å². The molecular formula is C24H33N3O4S. The Kier molecular flexibility index (Phi) is 9.26. The SMILES string of the molecule is CC[C@H](C(=O)NC(C)C)N(CCc1ccccc1)C(=O)CN(c1ccccc1)S(C)(=O)=O. The van der Waals surface area contributed by atoms with Crippen LogP contribution in [0, 0.1) is 0 Å². The minimum atomic E-state index is -3.70. The average Bonchev–Trinajstić information content (AvgIpc) is 2.74. The Morgan fingerprint density at radius 3 is 2.03 bits per heavy atom. The van der Waals surface area contributed by atoms with Crippen LogP contribution in [0.25, 0.3) is 0 Å². The van der Waals surface area contributed by atoms with Gasteiger partial charge in [-0.1, -0.05) is 55.5 Å². The van der Waals surface area contributed by atoms with E-state index in [1.807, 2.05) is 51.1 Å². The van der Waals surface area contributed by atoms with Crippen LogP contribution in [0.15, 0.2) is 60.7 Å². The third kappa shape index (κ3) is 7.37. The number of hydrogen-bond donors (Lipinski definition) is 1. The maximum Gasteiger partial charge on any atom is 0.244 e. The maximum atomic E-state index is 13.4. The van der Waals surface area contributed by atoms with Gasteiger partial charge in [0.2, 0.25) is 21.8 Å². The summed E-state index contributed by atoms with van der Waals surface area (Å²) in [5.74, 6) is -0.657. The molecule has 0 fully saturated rings. The molecule has 8 heteroatoms. The summed E-state index contributed by atoms with van der Waals surface area (Å²) in [5.41, 5.74) is 1.44. The second-order valence-corrected chi connectivity index (χ2v) is 9.92. The first-order valence-corrected chi connectivity index (χ1v) is 12.6. The van der Waals surface area contributed by atoms with Crippen LogP contribution in [0.3, 0.4) is 0 Å². The number of carbonyl (C=O) groups is 2. The number of nitrogens with zero attached hydrogens (tertiary/aromatic N) is 2. The van der Waals surface area contributed by atoms with Gasteiger partial charge in [0.1, 0.15) is 12.6 Å². The van der Waals surface area contributed by atoms with Crippen LogP contribution < -0.4 is 9.62 Å². The first-order valence-electron chi connectivity index (χ1n) is 10.8. The Bertz CT molecular complexity index is 979. The molecule has 0 spiro atoms. The van der Waals surface area contributed by atoms with Gasteiger partial charge in [0, 0.05) is 12.6 Å². The third-order valence-corrected chi connectivity index (χ3v) is 6.17. The van der Waals surface area contributed by atoms with E-state index in [0.29, 0.717) is 25.1 Å². The van der Waals surface area contributed by atoms with Crippen molar-refractivity contribution in [1.29, 1.82) is 0 Å². The van der Waals surface area contributed by atoms with Crippen molar-refractivity contribution in [2.45, 2.75) is 45.7 Å². The Morgan fingerprint density at radius 1 is 0.969 bits per heavy atom. The van der Waals surface area contributed by atoms with Crippen LogP contribution in [-0.2, 0) is 26.0 Å². The Labute approximate surface area is 191 Å². The second kappa shape index (κ2) is 11.7. The van der Waals surface area contributed by atoms with Crippen molar-refractivity contribution in [2.75, 3.05) is 23.7 Å². The van der Waals surface area contributed by atoms with E-state index in [9.17, 15) is 18.0 Å². The van der Waals surface area contributed by atoms with Gasteiger partial charge < -0.3 is 10.2 Å². The first kappa shape index (κ1) is 25.4. The lowest BCUT2D eigenvalue weighted by Gasteiger charge is -2.33. The Morgan fingerprint density at radius 2 is 1.53 bits per heavy atom.